The van der Waals surface area contributed by atoms with Crippen LogP contribution in [0.3, 0.4) is 0 Å². The summed E-state index contributed by atoms with van der Waals surface area (Å²) in [5.41, 5.74) is 0.195. The minimum absolute atomic E-state index is 0.138. The topological polar surface area (TPSA) is 0 Å². The number of rotatable bonds is 5. The molecule has 0 bridgehead atoms. The summed E-state index contributed by atoms with van der Waals surface area (Å²) < 4.78 is 38.1. The summed E-state index contributed by atoms with van der Waals surface area (Å²) in [4.78, 5) is 0. The Bertz CT molecular complexity index is 398. The lowest BCUT2D eigenvalue weighted by Crippen LogP contribution is -1.84. The van der Waals surface area contributed by atoms with Crippen LogP contribution in [-0.2, 0) is 0 Å². The molecule has 0 aliphatic rings. The van der Waals surface area contributed by atoms with Gasteiger partial charge in [0.25, 0.3) is 6.08 Å². The Morgan fingerprint density at radius 1 is 1.18 bits per heavy atom. The summed E-state index contributed by atoms with van der Waals surface area (Å²) in [7, 11) is 0. The number of hydrogen-bond donors (Lipinski definition) is 0. The van der Waals surface area contributed by atoms with Gasteiger partial charge in [0, 0.05) is 5.57 Å². The van der Waals surface area contributed by atoms with Crippen LogP contribution in [0.15, 0.2) is 42.5 Å². The fourth-order valence-electron chi connectivity index (χ4n) is 1.42. The number of halogens is 3. The first-order chi connectivity index (χ1) is 8.15. The van der Waals surface area contributed by atoms with E-state index in [9.17, 15) is 13.2 Å². The number of benzene rings is 1. The second kappa shape index (κ2) is 6.94. The van der Waals surface area contributed by atoms with Gasteiger partial charge in [0.2, 0.25) is 0 Å². The number of unbranched alkanes of at least 4 members (excludes halogenated alkanes) is 2. The molecule has 0 N–H and O–H groups in total. The molecule has 0 atom stereocenters. The van der Waals surface area contributed by atoms with Gasteiger partial charge < -0.3 is 0 Å². The molecule has 0 spiro atoms. The third kappa shape index (κ3) is 4.47. The molecule has 0 aromatic heterocycles. The molecule has 0 nitrogen and oxygen atoms in total. The molecule has 17 heavy (non-hydrogen) atoms. The fraction of sp³-hybridized carbons (Fsp3) is 0.286. The lowest BCUT2D eigenvalue weighted by molar-refractivity contribution is 0.426. The first kappa shape index (κ1) is 13.6. The van der Waals surface area contributed by atoms with Crippen molar-refractivity contribution in [2.24, 2.45) is 0 Å². The quantitative estimate of drug-likeness (QED) is 0.491. The highest BCUT2D eigenvalue weighted by Crippen LogP contribution is 2.22. The van der Waals surface area contributed by atoms with E-state index in [-0.39, 0.29) is 5.57 Å². The molecule has 92 valence electrons. The van der Waals surface area contributed by atoms with Crippen molar-refractivity contribution in [3.63, 3.8) is 0 Å². The molecule has 1 aromatic carbocycles. The van der Waals surface area contributed by atoms with Crippen LogP contribution in [-0.4, -0.2) is 0 Å². The van der Waals surface area contributed by atoms with Gasteiger partial charge in [-0.05, 0) is 24.1 Å². The normalized spacial score (nSPS) is 10.8. The molecule has 0 aliphatic heterocycles. The second-order valence-corrected chi connectivity index (χ2v) is 3.73. The van der Waals surface area contributed by atoms with Crippen LogP contribution in [0.5, 0.6) is 0 Å². The van der Waals surface area contributed by atoms with Crippen LogP contribution in [0.4, 0.5) is 13.2 Å². The van der Waals surface area contributed by atoms with Crippen molar-refractivity contribution >= 4 is 5.57 Å². The Balaban J connectivity index is 2.84. The van der Waals surface area contributed by atoms with E-state index in [1.165, 1.54) is 30.3 Å². The van der Waals surface area contributed by atoms with Gasteiger partial charge in [0.15, 0.2) is 0 Å². The summed E-state index contributed by atoms with van der Waals surface area (Å²) in [6.07, 6.45) is 4.15. The van der Waals surface area contributed by atoms with E-state index in [4.69, 9.17) is 0 Å². The fourth-order valence-corrected chi connectivity index (χ4v) is 1.42. The maximum Gasteiger partial charge on any atom is 0.278 e. The van der Waals surface area contributed by atoms with Crippen LogP contribution in [0.1, 0.15) is 31.7 Å². The van der Waals surface area contributed by atoms with E-state index in [1.807, 2.05) is 6.92 Å². The second-order valence-electron chi connectivity index (χ2n) is 3.73. The molecule has 0 saturated carbocycles. The first-order valence-corrected chi connectivity index (χ1v) is 5.63. The minimum Gasteiger partial charge on any atom is -0.207 e. The average Bonchev–Trinajstić information content (AvgIpc) is 2.30. The maximum absolute atomic E-state index is 12.7. The zero-order valence-electron chi connectivity index (χ0n) is 9.72. The van der Waals surface area contributed by atoms with E-state index in [2.05, 4.69) is 0 Å². The Hall–Kier alpha value is -1.51. The highest BCUT2D eigenvalue weighted by atomic mass is 19.3. The number of hydrogen-bond acceptors (Lipinski definition) is 0. The van der Waals surface area contributed by atoms with Crippen LogP contribution in [0.2, 0.25) is 0 Å². The summed E-state index contributed by atoms with van der Waals surface area (Å²) in [5, 5.41) is 0. The molecule has 0 radical (unpaired) electrons. The molecule has 0 aliphatic carbocycles. The van der Waals surface area contributed by atoms with Crippen molar-refractivity contribution in [3.8, 4) is 0 Å². The Morgan fingerprint density at radius 3 is 2.35 bits per heavy atom. The largest absolute Gasteiger partial charge is 0.278 e. The molecule has 3 heteroatoms. The van der Waals surface area contributed by atoms with E-state index < -0.39 is 11.9 Å². The standard InChI is InChI=1S/C14H15F3/c1-2-3-4-5-6-13(14(16)17)11-7-9-12(15)10-8-11/h5-10H,2-4H2,1H3. The van der Waals surface area contributed by atoms with E-state index >= 15 is 0 Å². The lowest BCUT2D eigenvalue weighted by Gasteiger charge is -2.01. The van der Waals surface area contributed by atoms with Crippen LogP contribution < -0.4 is 0 Å². The van der Waals surface area contributed by atoms with Gasteiger partial charge in [-0.3, -0.25) is 0 Å². The Morgan fingerprint density at radius 2 is 1.82 bits per heavy atom. The molecular weight excluding hydrogens is 225 g/mol. The molecule has 1 aromatic rings. The zero-order chi connectivity index (χ0) is 12.7. The van der Waals surface area contributed by atoms with Gasteiger partial charge in [-0.15, -0.1) is 0 Å². The molecule has 0 amide bonds. The third-order valence-electron chi connectivity index (χ3n) is 2.37. The molecule has 0 heterocycles. The lowest BCUT2D eigenvalue weighted by atomic mass is 10.1. The highest BCUT2D eigenvalue weighted by molar-refractivity contribution is 5.74. The predicted molar refractivity (Wildman–Crippen MR) is 64.2 cm³/mol. The smallest absolute Gasteiger partial charge is 0.207 e. The third-order valence-corrected chi connectivity index (χ3v) is 2.37. The van der Waals surface area contributed by atoms with Crippen molar-refractivity contribution in [2.75, 3.05) is 0 Å². The van der Waals surface area contributed by atoms with Crippen molar-refractivity contribution in [2.45, 2.75) is 26.2 Å². The predicted octanol–water partition coefficient (Wildman–Crippen LogP) is 5.18. The van der Waals surface area contributed by atoms with Gasteiger partial charge in [0.05, 0.1) is 0 Å². The Kier molecular flexibility index (Phi) is 5.53. The monoisotopic (exact) mass is 240 g/mol. The molecule has 0 unspecified atom stereocenters. The minimum atomic E-state index is -1.75. The van der Waals surface area contributed by atoms with Crippen molar-refractivity contribution in [1.29, 1.82) is 0 Å². The van der Waals surface area contributed by atoms with Crippen LogP contribution in [0.25, 0.3) is 5.57 Å². The van der Waals surface area contributed by atoms with Gasteiger partial charge in [-0.1, -0.05) is 44.1 Å². The first-order valence-electron chi connectivity index (χ1n) is 5.63. The SMILES string of the molecule is CCCCC=CC(=C(F)F)c1ccc(F)cc1. The van der Waals surface area contributed by atoms with Crippen molar-refractivity contribution in [1.82, 2.24) is 0 Å². The van der Waals surface area contributed by atoms with E-state index in [0.717, 1.165) is 19.3 Å². The summed E-state index contributed by atoms with van der Waals surface area (Å²) >= 11 is 0. The highest BCUT2D eigenvalue weighted by Gasteiger charge is 2.05. The summed E-state index contributed by atoms with van der Waals surface area (Å²) in [5.74, 6) is -0.428. The van der Waals surface area contributed by atoms with E-state index in [1.54, 1.807) is 6.08 Å². The number of allylic oxidation sites excluding steroid dienone is 3. The average molecular weight is 240 g/mol. The molecule has 0 fully saturated rings. The van der Waals surface area contributed by atoms with E-state index in [0.29, 0.717) is 5.56 Å². The van der Waals surface area contributed by atoms with Crippen molar-refractivity contribution < 1.29 is 13.2 Å². The molecule has 0 saturated heterocycles. The van der Waals surface area contributed by atoms with Gasteiger partial charge >= 0.3 is 0 Å². The van der Waals surface area contributed by atoms with Gasteiger partial charge in [-0.25, -0.2) is 4.39 Å². The molecule has 1 rings (SSSR count). The van der Waals surface area contributed by atoms with Crippen LogP contribution >= 0.6 is 0 Å². The maximum atomic E-state index is 12.7. The van der Waals surface area contributed by atoms with Gasteiger partial charge in [-0.2, -0.15) is 8.78 Å². The zero-order valence-corrected chi connectivity index (χ0v) is 9.72. The van der Waals surface area contributed by atoms with Gasteiger partial charge in [0.1, 0.15) is 5.82 Å². The summed E-state index contributed by atoms with van der Waals surface area (Å²) in [6.45, 7) is 2.04. The molecular formula is C14H15F3. The summed E-state index contributed by atoms with van der Waals surface area (Å²) in [6, 6.07) is 5.07. The van der Waals surface area contributed by atoms with Crippen molar-refractivity contribution in [3.05, 3.63) is 53.9 Å². The Labute approximate surface area is 99.5 Å². The van der Waals surface area contributed by atoms with Crippen LogP contribution in [0, 0.1) is 5.82 Å².